The van der Waals surface area contributed by atoms with E-state index in [0.717, 1.165) is 11.6 Å². The zero-order valence-electron chi connectivity index (χ0n) is 14.9. The number of hydrogen-bond donors (Lipinski definition) is 1. The standard InChI is InChI=1S/C22H18FNO4/c23-18-8-4-7-17(13-18)22(26)28-15-21(25)24-19-9-11-20(12-10-19)27-14-16-5-2-1-3-6-16/h1-13H,14-15H2,(H,24,25). The molecule has 0 radical (unpaired) electrons. The number of esters is 1. The summed E-state index contributed by atoms with van der Waals surface area (Å²) in [6.07, 6.45) is 0. The van der Waals surface area contributed by atoms with Crippen molar-refractivity contribution in [2.75, 3.05) is 11.9 Å². The fourth-order valence-corrected chi connectivity index (χ4v) is 2.40. The summed E-state index contributed by atoms with van der Waals surface area (Å²) in [7, 11) is 0. The molecule has 0 aliphatic carbocycles. The second-order valence-corrected chi connectivity index (χ2v) is 5.93. The van der Waals surface area contributed by atoms with E-state index in [1.165, 1.54) is 18.2 Å². The van der Waals surface area contributed by atoms with Crippen LogP contribution in [0.15, 0.2) is 78.9 Å². The predicted octanol–water partition coefficient (Wildman–Crippen LogP) is 4.20. The topological polar surface area (TPSA) is 64.6 Å². The number of rotatable bonds is 7. The quantitative estimate of drug-likeness (QED) is 0.625. The molecule has 0 saturated heterocycles. The highest BCUT2D eigenvalue weighted by Gasteiger charge is 2.11. The van der Waals surface area contributed by atoms with E-state index >= 15 is 0 Å². The Labute approximate surface area is 161 Å². The molecule has 28 heavy (non-hydrogen) atoms. The summed E-state index contributed by atoms with van der Waals surface area (Å²) in [5.41, 5.74) is 1.64. The number of ether oxygens (including phenoxy) is 2. The zero-order chi connectivity index (χ0) is 19.8. The van der Waals surface area contributed by atoms with E-state index in [4.69, 9.17) is 9.47 Å². The van der Waals surface area contributed by atoms with Gasteiger partial charge in [-0.3, -0.25) is 4.79 Å². The van der Waals surface area contributed by atoms with Crippen LogP contribution in [0.2, 0.25) is 0 Å². The van der Waals surface area contributed by atoms with E-state index < -0.39 is 24.3 Å². The lowest BCUT2D eigenvalue weighted by Gasteiger charge is -2.09. The van der Waals surface area contributed by atoms with Crippen molar-refractivity contribution < 1.29 is 23.5 Å². The minimum atomic E-state index is -0.765. The van der Waals surface area contributed by atoms with Gasteiger partial charge in [-0.05, 0) is 48.0 Å². The Morgan fingerprint density at radius 3 is 2.36 bits per heavy atom. The van der Waals surface area contributed by atoms with Crippen LogP contribution in [-0.4, -0.2) is 18.5 Å². The number of halogens is 1. The molecule has 3 aromatic carbocycles. The lowest BCUT2D eigenvalue weighted by Crippen LogP contribution is -2.20. The number of carbonyl (C=O) groups excluding carboxylic acids is 2. The molecule has 5 nitrogen and oxygen atoms in total. The van der Waals surface area contributed by atoms with Crippen LogP contribution in [0.5, 0.6) is 5.75 Å². The Balaban J connectivity index is 1.45. The van der Waals surface area contributed by atoms with Crippen molar-refractivity contribution in [1.82, 2.24) is 0 Å². The lowest BCUT2D eigenvalue weighted by molar-refractivity contribution is -0.119. The molecule has 1 amide bonds. The number of nitrogens with one attached hydrogen (secondary N) is 1. The highest BCUT2D eigenvalue weighted by Crippen LogP contribution is 2.17. The first-order valence-electron chi connectivity index (χ1n) is 8.59. The fourth-order valence-electron chi connectivity index (χ4n) is 2.40. The molecule has 0 unspecified atom stereocenters. The first-order chi connectivity index (χ1) is 13.6. The molecule has 0 bridgehead atoms. The molecule has 1 N–H and O–H groups in total. The number of benzene rings is 3. The third kappa shape index (κ3) is 5.67. The van der Waals surface area contributed by atoms with E-state index in [1.54, 1.807) is 24.3 Å². The molecular weight excluding hydrogens is 361 g/mol. The van der Waals surface area contributed by atoms with Gasteiger partial charge in [-0.1, -0.05) is 36.4 Å². The number of carbonyl (C=O) groups is 2. The van der Waals surface area contributed by atoms with Gasteiger partial charge in [-0.15, -0.1) is 0 Å². The maximum atomic E-state index is 13.1. The largest absolute Gasteiger partial charge is 0.489 e. The van der Waals surface area contributed by atoms with Gasteiger partial charge in [-0.2, -0.15) is 0 Å². The maximum Gasteiger partial charge on any atom is 0.338 e. The summed E-state index contributed by atoms with van der Waals surface area (Å²) in [5, 5.41) is 2.62. The third-order valence-electron chi connectivity index (χ3n) is 3.78. The highest BCUT2D eigenvalue weighted by atomic mass is 19.1. The van der Waals surface area contributed by atoms with Crippen molar-refractivity contribution in [3.8, 4) is 5.75 Å². The average molecular weight is 379 g/mol. The highest BCUT2D eigenvalue weighted by molar-refractivity contribution is 5.95. The molecule has 0 aliphatic heterocycles. The Hall–Kier alpha value is -3.67. The summed E-state index contributed by atoms with van der Waals surface area (Å²) < 4.78 is 23.7. The van der Waals surface area contributed by atoms with Crippen LogP contribution in [0.1, 0.15) is 15.9 Å². The molecule has 142 valence electrons. The maximum absolute atomic E-state index is 13.1. The molecule has 0 saturated carbocycles. The third-order valence-corrected chi connectivity index (χ3v) is 3.78. The minimum absolute atomic E-state index is 0.0488. The summed E-state index contributed by atoms with van der Waals surface area (Å²) in [6.45, 7) is -0.0236. The van der Waals surface area contributed by atoms with Crippen molar-refractivity contribution in [3.05, 3.63) is 95.8 Å². The molecule has 0 heterocycles. The molecule has 0 aromatic heterocycles. The van der Waals surface area contributed by atoms with Crippen LogP contribution in [0.25, 0.3) is 0 Å². The van der Waals surface area contributed by atoms with E-state index in [1.807, 2.05) is 30.3 Å². The monoisotopic (exact) mass is 379 g/mol. The van der Waals surface area contributed by atoms with Gasteiger partial charge in [0.1, 0.15) is 18.2 Å². The summed E-state index contributed by atoms with van der Waals surface area (Å²) >= 11 is 0. The molecule has 3 aromatic rings. The lowest BCUT2D eigenvalue weighted by atomic mass is 10.2. The van der Waals surface area contributed by atoms with Gasteiger partial charge in [0.05, 0.1) is 5.56 Å². The van der Waals surface area contributed by atoms with Gasteiger partial charge in [-0.25, -0.2) is 9.18 Å². The first-order valence-corrected chi connectivity index (χ1v) is 8.59. The van der Waals surface area contributed by atoms with Crippen LogP contribution >= 0.6 is 0 Å². The molecule has 0 spiro atoms. The normalized spacial score (nSPS) is 10.2. The smallest absolute Gasteiger partial charge is 0.338 e. The van der Waals surface area contributed by atoms with Crippen LogP contribution in [0.3, 0.4) is 0 Å². The second kappa shape index (κ2) is 9.32. The Kier molecular flexibility index (Phi) is 6.36. The van der Waals surface area contributed by atoms with E-state index in [2.05, 4.69) is 5.32 Å². The molecule has 6 heteroatoms. The molecule has 0 atom stereocenters. The van der Waals surface area contributed by atoms with Gasteiger partial charge < -0.3 is 14.8 Å². The van der Waals surface area contributed by atoms with Gasteiger partial charge >= 0.3 is 5.97 Å². The van der Waals surface area contributed by atoms with Crippen molar-refractivity contribution in [2.45, 2.75) is 6.61 Å². The molecular formula is C22H18FNO4. The van der Waals surface area contributed by atoms with Crippen LogP contribution < -0.4 is 10.1 Å². The molecule has 0 aliphatic rings. The van der Waals surface area contributed by atoms with Crippen molar-refractivity contribution in [3.63, 3.8) is 0 Å². The summed E-state index contributed by atoms with van der Waals surface area (Å²) in [4.78, 5) is 23.7. The van der Waals surface area contributed by atoms with E-state index in [9.17, 15) is 14.0 Å². The van der Waals surface area contributed by atoms with E-state index in [0.29, 0.717) is 18.0 Å². The first kappa shape index (κ1) is 19.1. The van der Waals surface area contributed by atoms with Gasteiger partial charge in [0.25, 0.3) is 5.91 Å². The predicted molar refractivity (Wildman–Crippen MR) is 103 cm³/mol. The molecule has 3 rings (SSSR count). The summed E-state index contributed by atoms with van der Waals surface area (Å²) in [5.74, 6) is -1.14. The van der Waals surface area contributed by atoms with Crippen molar-refractivity contribution in [1.29, 1.82) is 0 Å². The molecule has 0 fully saturated rings. The van der Waals surface area contributed by atoms with Gasteiger partial charge in [0.15, 0.2) is 6.61 Å². The van der Waals surface area contributed by atoms with Crippen molar-refractivity contribution >= 4 is 17.6 Å². The van der Waals surface area contributed by atoms with Crippen LogP contribution in [0, 0.1) is 5.82 Å². The van der Waals surface area contributed by atoms with Gasteiger partial charge in [0, 0.05) is 5.69 Å². The van der Waals surface area contributed by atoms with Crippen LogP contribution in [-0.2, 0) is 16.1 Å². The second-order valence-electron chi connectivity index (χ2n) is 5.93. The van der Waals surface area contributed by atoms with E-state index in [-0.39, 0.29) is 5.56 Å². The Bertz CT molecular complexity index is 942. The number of anilines is 1. The zero-order valence-corrected chi connectivity index (χ0v) is 14.9. The van der Waals surface area contributed by atoms with Crippen molar-refractivity contribution in [2.24, 2.45) is 0 Å². The average Bonchev–Trinajstić information content (AvgIpc) is 2.72. The van der Waals surface area contributed by atoms with Gasteiger partial charge in [0.2, 0.25) is 0 Å². The Morgan fingerprint density at radius 1 is 0.893 bits per heavy atom. The Morgan fingerprint density at radius 2 is 1.64 bits per heavy atom. The summed E-state index contributed by atoms with van der Waals surface area (Å²) in [6, 6.07) is 21.7. The fraction of sp³-hybridized carbons (Fsp3) is 0.0909. The van der Waals surface area contributed by atoms with Crippen LogP contribution in [0.4, 0.5) is 10.1 Å². The SMILES string of the molecule is O=C(COC(=O)c1cccc(F)c1)Nc1ccc(OCc2ccccc2)cc1. The number of amides is 1. The minimum Gasteiger partial charge on any atom is -0.489 e. The number of hydrogen-bond acceptors (Lipinski definition) is 4.